The Labute approximate surface area is 115 Å². The van der Waals surface area contributed by atoms with E-state index in [0.717, 1.165) is 29.0 Å². The number of aryl methyl sites for hydroxylation is 1. The molecule has 2 heterocycles. The van der Waals surface area contributed by atoms with E-state index in [0.29, 0.717) is 0 Å². The van der Waals surface area contributed by atoms with Gasteiger partial charge in [-0.1, -0.05) is 12.1 Å². The van der Waals surface area contributed by atoms with Gasteiger partial charge in [0.25, 0.3) is 0 Å². The molecule has 0 aliphatic carbocycles. The van der Waals surface area contributed by atoms with E-state index in [1.54, 1.807) is 36.7 Å². The Balaban J connectivity index is 2.16. The van der Waals surface area contributed by atoms with Gasteiger partial charge in [0, 0.05) is 18.3 Å². The molecule has 0 saturated heterocycles. The summed E-state index contributed by atoms with van der Waals surface area (Å²) in [6.45, 7) is 2.84. The minimum atomic E-state index is -0.926. The summed E-state index contributed by atoms with van der Waals surface area (Å²) in [5.74, 6) is -0.0998. The molecule has 0 amide bonds. The number of imidazole rings is 1. The van der Waals surface area contributed by atoms with Gasteiger partial charge >= 0.3 is 5.97 Å². The second-order valence-corrected chi connectivity index (χ2v) is 4.43. The topological polar surface area (TPSA) is 68.0 Å². The number of carbonyl (C=O) groups is 1. The smallest absolute Gasteiger partial charge is 0.335 e. The monoisotopic (exact) mass is 267 g/mol. The van der Waals surface area contributed by atoms with Crippen LogP contribution in [0.25, 0.3) is 22.4 Å². The van der Waals surface area contributed by atoms with Crippen LogP contribution in [-0.4, -0.2) is 25.6 Å². The van der Waals surface area contributed by atoms with Crippen LogP contribution in [0, 0.1) is 0 Å². The number of hydrogen-bond donors (Lipinski definition) is 1. The number of carboxylic acids is 1. The summed E-state index contributed by atoms with van der Waals surface area (Å²) in [4.78, 5) is 19.5. The van der Waals surface area contributed by atoms with Gasteiger partial charge in [-0.15, -0.1) is 0 Å². The average molecular weight is 267 g/mol. The lowest BCUT2D eigenvalue weighted by Gasteiger charge is -2.06. The number of rotatable bonds is 3. The molecule has 3 rings (SSSR count). The molecule has 0 aliphatic rings. The van der Waals surface area contributed by atoms with Crippen LogP contribution >= 0.6 is 0 Å². The fourth-order valence-corrected chi connectivity index (χ4v) is 2.28. The highest BCUT2D eigenvalue weighted by atomic mass is 16.4. The SMILES string of the molecule is CCn1c(-c2ccc(C(=O)O)cc2)nc2cnccc21. The second-order valence-electron chi connectivity index (χ2n) is 4.43. The number of carboxylic acid groups (broad SMARTS) is 1. The molecule has 0 fully saturated rings. The Kier molecular flexibility index (Phi) is 2.95. The predicted octanol–water partition coefficient (Wildman–Crippen LogP) is 2.82. The molecule has 1 aromatic carbocycles. The van der Waals surface area contributed by atoms with E-state index in [9.17, 15) is 4.79 Å². The molecular formula is C15H13N3O2. The van der Waals surface area contributed by atoms with Crippen molar-refractivity contribution < 1.29 is 9.90 Å². The van der Waals surface area contributed by atoms with E-state index in [4.69, 9.17) is 5.11 Å². The maximum Gasteiger partial charge on any atom is 0.335 e. The largest absolute Gasteiger partial charge is 0.478 e. The summed E-state index contributed by atoms with van der Waals surface area (Å²) in [5.41, 5.74) is 3.04. The lowest BCUT2D eigenvalue weighted by Crippen LogP contribution is -1.99. The van der Waals surface area contributed by atoms with E-state index >= 15 is 0 Å². The summed E-state index contributed by atoms with van der Waals surface area (Å²) < 4.78 is 2.09. The number of aromatic nitrogens is 3. The normalized spacial score (nSPS) is 10.8. The van der Waals surface area contributed by atoms with Gasteiger partial charge in [-0.2, -0.15) is 0 Å². The Morgan fingerprint density at radius 2 is 2.00 bits per heavy atom. The molecule has 0 saturated carbocycles. The van der Waals surface area contributed by atoms with E-state index < -0.39 is 5.97 Å². The van der Waals surface area contributed by atoms with Crippen molar-refractivity contribution in [1.82, 2.24) is 14.5 Å². The van der Waals surface area contributed by atoms with Gasteiger partial charge in [0.15, 0.2) is 0 Å². The highest BCUT2D eigenvalue weighted by molar-refractivity contribution is 5.88. The molecule has 0 spiro atoms. The quantitative estimate of drug-likeness (QED) is 0.792. The van der Waals surface area contributed by atoms with E-state index in [1.807, 2.05) is 6.07 Å². The van der Waals surface area contributed by atoms with Crippen LogP contribution in [-0.2, 0) is 6.54 Å². The summed E-state index contributed by atoms with van der Waals surface area (Å²) in [7, 11) is 0. The number of aromatic carboxylic acids is 1. The second kappa shape index (κ2) is 4.77. The lowest BCUT2D eigenvalue weighted by atomic mass is 10.1. The first-order chi connectivity index (χ1) is 9.70. The number of pyridine rings is 1. The molecule has 1 N–H and O–H groups in total. The van der Waals surface area contributed by atoms with E-state index in [1.165, 1.54) is 0 Å². The first kappa shape index (κ1) is 12.3. The third-order valence-corrected chi connectivity index (χ3v) is 3.26. The standard InChI is InChI=1S/C15H13N3O2/c1-2-18-13-7-8-16-9-12(13)17-14(18)10-3-5-11(6-4-10)15(19)20/h3-9H,2H2,1H3,(H,19,20). The number of fused-ring (bicyclic) bond motifs is 1. The number of benzene rings is 1. The minimum Gasteiger partial charge on any atom is -0.478 e. The number of hydrogen-bond acceptors (Lipinski definition) is 3. The number of nitrogens with zero attached hydrogens (tertiary/aromatic N) is 3. The van der Waals surface area contributed by atoms with Crippen LogP contribution in [0.2, 0.25) is 0 Å². The van der Waals surface area contributed by atoms with Crippen molar-refractivity contribution >= 4 is 17.0 Å². The Hall–Kier alpha value is -2.69. The molecule has 0 unspecified atom stereocenters. The molecule has 0 aliphatic heterocycles. The summed E-state index contributed by atoms with van der Waals surface area (Å²) in [6.07, 6.45) is 3.48. The maximum atomic E-state index is 10.9. The first-order valence-electron chi connectivity index (χ1n) is 6.34. The van der Waals surface area contributed by atoms with Crippen LogP contribution in [0.4, 0.5) is 0 Å². The Morgan fingerprint density at radius 3 is 2.65 bits per heavy atom. The van der Waals surface area contributed by atoms with Gasteiger partial charge in [0.05, 0.1) is 17.3 Å². The van der Waals surface area contributed by atoms with E-state index in [2.05, 4.69) is 21.5 Å². The fraction of sp³-hybridized carbons (Fsp3) is 0.133. The summed E-state index contributed by atoms with van der Waals surface area (Å²) in [6, 6.07) is 8.68. The van der Waals surface area contributed by atoms with Gasteiger partial charge in [-0.25, -0.2) is 9.78 Å². The lowest BCUT2D eigenvalue weighted by molar-refractivity contribution is 0.0697. The highest BCUT2D eigenvalue weighted by Gasteiger charge is 2.12. The van der Waals surface area contributed by atoms with Gasteiger partial charge < -0.3 is 9.67 Å². The molecule has 100 valence electrons. The van der Waals surface area contributed by atoms with Gasteiger partial charge in [-0.3, -0.25) is 4.98 Å². The Bertz CT molecular complexity index is 775. The molecule has 2 aromatic heterocycles. The molecule has 20 heavy (non-hydrogen) atoms. The molecule has 0 radical (unpaired) electrons. The summed E-state index contributed by atoms with van der Waals surface area (Å²) >= 11 is 0. The van der Waals surface area contributed by atoms with Crippen LogP contribution in [0.3, 0.4) is 0 Å². The van der Waals surface area contributed by atoms with Crippen LogP contribution in [0.5, 0.6) is 0 Å². The van der Waals surface area contributed by atoms with Crippen LogP contribution in [0.15, 0.2) is 42.7 Å². The minimum absolute atomic E-state index is 0.273. The maximum absolute atomic E-state index is 10.9. The van der Waals surface area contributed by atoms with E-state index in [-0.39, 0.29) is 5.56 Å². The zero-order valence-corrected chi connectivity index (χ0v) is 10.9. The molecule has 3 aromatic rings. The van der Waals surface area contributed by atoms with Crippen LogP contribution < -0.4 is 0 Å². The van der Waals surface area contributed by atoms with Gasteiger partial charge in [0.2, 0.25) is 0 Å². The van der Waals surface area contributed by atoms with Gasteiger partial charge in [-0.05, 0) is 25.1 Å². The van der Waals surface area contributed by atoms with Crippen molar-refractivity contribution in [3.05, 3.63) is 48.3 Å². The van der Waals surface area contributed by atoms with Crippen molar-refractivity contribution in [2.45, 2.75) is 13.5 Å². The first-order valence-corrected chi connectivity index (χ1v) is 6.34. The van der Waals surface area contributed by atoms with Crippen molar-refractivity contribution in [2.24, 2.45) is 0 Å². The third kappa shape index (κ3) is 1.93. The average Bonchev–Trinajstić information content (AvgIpc) is 2.85. The molecule has 5 heteroatoms. The molecular weight excluding hydrogens is 254 g/mol. The van der Waals surface area contributed by atoms with Gasteiger partial charge in [0.1, 0.15) is 11.3 Å². The predicted molar refractivity (Wildman–Crippen MR) is 75.6 cm³/mol. The summed E-state index contributed by atoms with van der Waals surface area (Å²) in [5, 5.41) is 8.93. The zero-order valence-electron chi connectivity index (χ0n) is 10.9. The van der Waals surface area contributed by atoms with Crippen molar-refractivity contribution in [2.75, 3.05) is 0 Å². The zero-order chi connectivity index (χ0) is 14.1. The molecule has 0 bridgehead atoms. The van der Waals surface area contributed by atoms with Crippen molar-refractivity contribution in [3.63, 3.8) is 0 Å². The van der Waals surface area contributed by atoms with Crippen molar-refractivity contribution in [3.8, 4) is 11.4 Å². The third-order valence-electron chi connectivity index (χ3n) is 3.26. The Morgan fingerprint density at radius 1 is 1.25 bits per heavy atom. The highest BCUT2D eigenvalue weighted by Crippen LogP contribution is 2.24. The van der Waals surface area contributed by atoms with Crippen LogP contribution in [0.1, 0.15) is 17.3 Å². The molecule has 5 nitrogen and oxygen atoms in total. The fourth-order valence-electron chi connectivity index (χ4n) is 2.28. The van der Waals surface area contributed by atoms with Crippen molar-refractivity contribution in [1.29, 1.82) is 0 Å². The molecule has 0 atom stereocenters.